The van der Waals surface area contributed by atoms with Gasteiger partial charge in [0.05, 0.1) is 35.5 Å². The standard InChI is InChI=1S/C28H20ClN7O2/c1-16-22-23(20-7-3-4-8-21(20)37-2)24-26-32-25(17-6-5-13-30-14-17)34-35(26)15-31-27(24)38-28(22)36(33-16)19-11-9-18(29)10-12-19/h3-15,23H,1-2H3/t23-/m1/s1. The summed E-state index contributed by atoms with van der Waals surface area (Å²) in [5.74, 6) is 1.97. The van der Waals surface area contributed by atoms with Crippen LogP contribution in [0.5, 0.6) is 17.5 Å². The predicted molar refractivity (Wildman–Crippen MR) is 141 cm³/mol. The summed E-state index contributed by atoms with van der Waals surface area (Å²) < 4.78 is 15.7. The van der Waals surface area contributed by atoms with Gasteiger partial charge in [0.2, 0.25) is 11.8 Å². The van der Waals surface area contributed by atoms with E-state index in [-0.39, 0.29) is 5.92 Å². The van der Waals surface area contributed by atoms with E-state index in [9.17, 15) is 0 Å². The Morgan fingerprint density at radius 3 is 2.61 bits per heavy atom. The van der Waals surface area contributed by atoms with Crippen LogP contribution in [0.4, 0.5) is 0 Å². The molecule has 5 heterocycles. The van der Waals surface area contributed by atoms with E-state index in [4.69, 9.17) is 31.2 Å². The van der Waals surface area contributed by atoms with Crippen LogP contribution in [0.1, 0.15) is 28.3 Å². The number of para-hydroxylation sites is 1. The third-order valence-electron chi connectivity index (χ3n) is 6.66. The van der Waals surface area contributed by atoms with E-state index in [1.807, 2.05) is 67.6 Å². The summed E-state index contributed by atoms with van der Waals surface area (Å²) in [4.78, 5) is 13.8. The third kappa shape index (κ3) is 3.43. The Balaban J connectivity index is 1.51. The van der Waals surface area contributed by atoms with Crippen molar-refractivity contribution in [1.82, 2.24) is 34.3 Å². The maximum absolute atomic E-state index is 6.48. The zero-order chi connectivity index (χ0) is 25.8. The predicted octanol–water partition coefficient (Wildman–Crippen LogP) is 5.63. The van der Waals surface area contributed by atoms with Crippen LogP contribution in [0.25, 0.3) is 22.7 Å². The minimum Gasteiger partial charge on any atom is -0.496 e. The number of ether oxygens (including phenoxy) is 2. The maximum atomic E-state index is 6.48. The quantitative estimate of drug-likeness (QED) is 0.296. The fraction of sp³-hybridized carbons (Fsp3) is 0.107. The number of halogens is 1. The maximum Gasteiger partial charge on any atom is 0.230 e. The SMILES string of the molecule is COc1ccccc1[C@@H]1c2c(C)nn(-c3ccc(Cl)cc3)c2Oc2ncn3nc(-c4cccnc4)nc3c21. The fourth-order valence-electron chi connectivity index (χ4n) is 4.97. The van der Waals surface area contributed by atoms with Crippen LogP contribution >= 0.6 is 11.6 Å². The number of aryl methyl sites for hydroxylation is 1. The van der Waals surface area contributed by atoms with Crippen molar-refractivity contribution in [3.8, 4) is 34.6 Å². The average molecular weight is 522 g/mol. The zero-order valence-corrected chi connectivity index (χ0v) is 21.2. The van der Waals surface area contributed by atoms with Crippen molar-refractivity contribution >= 4 is 17.2 Å². The molecule has 2 aromatic carbocycles. The number of pyridine rings is 1. The topological polar surface area (TPSA) is 92.2 Å². The van der Waals surface area contributed by atoms with E-state index < -0.39 is 0 Å². The molecule has 0 fully saturated rings. The zero-order valence-electron chi connectivity index (χ0n) is 20.4. The van der Waals surface area contributed by atoms with Crippen molar-refractivity contribution in [2.24, 2.45) is 0 Å². The van der Waals surface area contributed by atoms with Crippen LogP contribution < -0.4 is 9.47 Å². The van der Waals surface area contributed by atoms with Gasteiger partial charge < -0.3 is 9.47 Å². The van der Waals surface area contributed by atoms with Gasteiger partial charge in [0, 0.05) is 28.5 Å². The summed E-state index contributed by atoms with van der Waals surface area (Å²) in [6.07, 6.45) is 5.07. The number of aromatic nitrogens is 7. The van der Waals surface area contributed by atoms with E-state index in [1.165, 1.54) is 0 Å². The molecular weight excluding hydrogens is 502 g/mol. The van der Waals surface area contributed by atoms with Gasteiger partial charge in [0.15, 0.2) is 11.5 Å². The number of hydrogen-bond donors (Lipinski definition) is 0. The van der Waals surface area contributed by atoms with Gasteiger partial charge in [-0.1, -0.05) is 29.8 Å². The van der Waals surface area contributed by atoms with Gasteiger partial charge in [-0.2, -0.15) is 5.10 Å². The number of rotatable bonds is 4. The smallest absolute Gasteiger partial charge is 0.230 e. The Kier molecular flexibility index (Phi) is 5.12. The fourth-order valence-corrected chi connectivity index (χ4v) is 5.09. The molecule has 1 aliphatic heterocycles. The van der Waals surface area contributed by atoms with Crippen molar-refractivity contribution in [2.45, 2.75) is 12.8 Å². The summed E-state index contributed by atoms with van der Waals surface area (Å²) in [5, 5.41) is 10.2. The van der Waals surface area contributed by atoms with Crippen molar-refractivity contribution in [3.05, 3.63) is 107 Å². The van der Waals surface area contributed by atoms with Gasteiger partial charge in [-0.05, 0) is 49.4 Å². The van der Waals surface area contributed by atoms with Crippen molar-refractivity contribution < 1.29 is 9.47 Å². The van der Waals surface area contributed by atoms with E-state index in [2.05, 4.69) is 15.1 Å². The molecular formula is C28H20ClN7O2. The first-order chi connectivity index (χ1) is 18.6. The van der Waals surface area contributed by atoms with Crippen LogP contribution in [-0.2, 0) is 0 Å². The summed E-state index contributed by atoms with van der Waals surface area (Å²) in [6, 6.07) is 19.2. The van der Waals surface area contributed by atoms with Crippen LogP contribution in [0, 0.1) is 6.92 Å². The number of hydrogen-bond acceptors (Lipinski definition) is 7. The van der Waals surface area contributed by atoms with E-state index in [0.29, 0.717) is 28.3 Å². The second-order valence-corrected chi connectivity index (χ2v) is 9.31. The highest BCUT2D eigenvalue weighted by atomic mass is 35.5. The molecule has 6 aromatic rings. The first-order valence-electron chi connectivity index (χ1n) is 11.9. The molecule has 1 atom stereocenters. The lowest BCUT2D eigenvalue weighted by Gasteiger charge is -2.27. The molecule has 4 aromatic heterocycles. The molecule has 10 heteroatoms. The molecule has 1 aliphatic rings. The highest BCUT2D eigenvalue weighted by Gasteiger charge is 2.39. The highest BCUT2D eigenvalue weighted by Crippen LogP contribution is 2.51. The molecule has 0 spiro atoms. The molecule has 0 unspecified atom stereocenters. The Bertz CT molecular complexity index is 1810. The average Bonchev–Trinajstić information content (AvgIpc) is 3.54. The largest absolute Gasteiger partial charge is 0.496 e. The Morgan fingerprint density at radius 2 is 1.82 bits per heavy atom. The Hall–Kier alpha value is -4.76. The van der Waals surface area contributed by atoms with Crippen LogP contribution in [0.15, 0.2) is 79.4 Å². The first-order valence-corrected chi connectivity index (χ1v) is 12.3. The van der Waals surface area contributed by atoms with E-state index >= 15 is 0 Å². The molecule has 0 saturated carbocycles. The summed E-state index contributed by atoms with van der Waals surface area (Å²) in [5.41, 5.74) is 5.70. The Labute approximate surface area is 222 Å². The van der Waals surface area contributed by atoms with Crippen molar-refractivity contribution in [2.75, 3.05) is 7.11 Å². The molecule has 0 bridgehead atoms. The van der Waals surface area contributed by atoms with Gasteiger partial charge in [-0.3, -0.25) is 4.98 Å². The molecule has 7 rings (SSSR count). The normalized spacial score (nSPS) is 14.1. The first kappa shape index (κ1) is 22.4. The molecule has 0 N–H and O–H groups in total. The summed E-state index contributed by atoms with van der Waals surface area (Å²) >= 11 is 6.15. The second-order valence-electron chi connectivity index (χ2n) is 8.88. The number of nitrogens with zero attached hydrogens (tertiary/aromatic N) is 7. The summed E-state index contributed by atoms with van der Waals surface area (Å²) in [7, 11) is 1.67. The van der Waals surface area contributed by atoms with Gasteiger partial charge in [0.25, 0.3) is 0 Å². The third-order valence-corrected chi connectivity index (χ3v) is 6.91. The molecule has 186 valence electrons. The van der Waals surface area contributed by atoms with E-state index in [0.717, 1.165) is 39.4 Å². The summed E-state index contributed by atoms with van der Waals surface area (Å²) in [6.45, 7) is 1.97. The van der Waals surface area contributed by atoms with Gasteiger partial charge in [-0.15, -0.1) is 5.10 Å². The van der Waals surface area contributed by atoms with Crippen LogP contribution in [-0.4, -0.2) is 41.5 Å². The lowest BCUT2D eigenvalue weighted by molar-refractivity contribution is 0.393. The van der Waals surface area contributed by atoms with Crippen molar-refractivity contribution in [3.63, 3.8) is 0 Å². The van der Waals surface area contributed by atoms with Gasteiger partial charge in [0.1, 0.15) is 12.1 Å². The van der Waals surface area contributed by atoms with E-state index in [1.54, 1.807) is 35.0 Å². The Morgan fingerprint density at radius 1 is 0.974 bits per heavy atom. The minimum absolute atomic E-state index is 0.326. The molecule has 0 radical (unpaired) electrons. The highest BCUT2D eigenvalue weighted by molar-refractivity contribution is 6.30. The molecule has 0 aliphatic carbocycles. The lowest BCUT2D eigenvalue weighted by atomic mass is 9.84. The lowest BCUT2D eigenvalue weighted by Crippen LogP contribution is -2.16. The number of benzene rings is 2. The molecule has 0 saturated heterocycles. The molecule has 0 amide bonds. The van der Waals surface area contributed by atoms with Crippen LogP contribution in [0.2, 0.25) is 5.02 Å². The minimum atomic E-state index is -0.326. The van der Waals surface area contributed by atoms with Gasteiger partial charge >= 0.3 is 0 Å². The second kappa shape index (κ2) is 8.67. The number of fused-ring (bicyclic) bond motifs is 4. The number of methoxy groups -OCH3 is 1. The molecule has 9 nitrogen and oxygen atoms in total. The van der Waals surface area contributed by atoms with Gasteiger partial charge in [-0.25, -0.2) is 19.2 Å². The van der Waals surface area contributed by atoms with Crippen molar-refractivity contribution in [1.29, 1.82) is 0 Å². The molecule has 38 heavy (non-hydrogen) atoms. The monoisotopic (exact) mass is 521 g/mol. The van der Waals surface area contributed by atoms with Crippen LogP contribution in [0.3, 0.4) is 0 Å².